The molecule has 5 heteroatoms. The van der Waals surface area contributed by atoms with Crippen LogP contribution < -0.4 is 5.32 Å². The summed E-state index contributed by atoms with van der Waals surface area (Å²) in [5.41, 5.74) is 1.17. The van der Waals surface area contributed by atoms with Gasteiger partial charge >= 0.3 is 0 Å². The number of halogens is 1. The Kier molecular flexibility index (Phi) is 6.32. The predicted octanol–water partition coefficient (Wildman–Crippen LogP) is 2.58. The van der Waals surface area contributed by atoms with Crippen LogP contribution in [0.4, 0.5) is 0 Å². The van der Waals surface area contributed by atoms with Crippen molar-refractivity contribution in [2.75, 3.05) is 25.1 Å². The summed E-state index contributed by atoms with van der Waals surface area (Å²) >= 11 is 3.45. The number of sulfone groups is 1. The summed E-state index contributed by atoms with van der Waals surface area (Å²) in [4.78, 5) is 0. The van der Waals surface area contributed by atoms with Gasteiger partial charge in [-0.2, -0.15) is 0 Å². The second kappa shape index (κ2) is 7.26. The van der Waals surface area contributed by atoms with Crippen molar-refractivity contribution < 1.29 is 8.42 Å². The Morgan fingerprint density at radius 1 is 1.39 bits per heavy atom. The van der Waals surface area contributed by atoms with Crippen LogP contribution >= 0.6 is 15.9 Å². The van der Waals surface area contributed by atoms with Gasteiger partial charge in [-0.25, -0.2) is 8.42 Å². The smallest absolute Gasteiger partial charge is 0.150 e. The van der Waals surface area contributed by atoms with Gasteiger partial charge in [-0.1, -0.05) is 35.0 Å². The molecule has 1 atom stereocenters. The quantitative estimate of drug-likeness (QED) is 0.834. The molecule has 0 aliphatic carbocycles. The number of rotatable bonds is 7. The van der Waals surface area contributed by atoms with Gasteiger partial charge in [0.2, 0.25) is 0 Å². The molecule has 0 bridgehead atoms. The lowest BCUT2D eigenvalue weighted by atomic mass is 9.96. The Balaban J connectivity index is 2.77. The van der Waals surface area contributed by atoms with Crippen molar-refractivity contribution in [3.63, 3.8) is 0 Å². The first-order chi connectivity index (χ1) is 8.48. The molecule has 0 radical (unpaired) electrons. The molecule has 1 rings (SSSR count). The Morgan fingerprint density at radius 3 is 2.67 bits per heavy atom. The van der Waals surface area contributed by atoms with E-state index in [1.54, 1.807) is 6.92 Å². The zero-order valence-electron chi connectivity index (χ0n) is 10.8. The average molecular weight is 334 g/mol. The molecule has 0 aliphatic heterocycles. The molecule has 0 saturated heterocycles. The fourth-order valence-electron chi connectivity index (χ4n) is 1.86. The van der Waals surface area contributed by atoms with Gasteiger partial charge in [-0.05, 0) is 37.1 Å². The lowest BCUT2D eigenvalue weighted by molar-refractivity contribution is 0.575. The molecule has 0 saturated carbocycles. The number of hydrogen-bond acceptors (Lipinski definition) is 3. The molecule has 0 aromatic heterocycles. The third-order valence-electron chi connectivity index (χ3n) is 2.99. The van der Waals surface area contributed by atoms with E-state index in [1.807, 2.05) is 25.2 Å². The number of hydrogen-bond donors (Lipinski definition) is 1. The van der Waals surface area contributed by atoms with Gasteiger partial charge in [0.15, 0.2) is 0 Å². The van der Waals surface area contributed by atoms with E-state index in [0.717, 1.165) is 11.0 Å². The van der Waals surface area contributed by atoms with E-state index in [1.165, 1.54) is 5.56 Å². The summed E-state index contributed by atoms with van der Waals surface area (Å²) in [5, 5.41) is 3.13. The highest BCUT2D eigenvalue weighted by Crippen LogP contribution is 2.23. The molecule has 0 heterocycles. The van der Waals surface area contributed by atoms with E-state index in [0.29, 0.717) is 6.42 Å². The van der Waals surface area contributed by atoms with E-state index in [4.69, 9.17) is 0 Å². The van der Waals surface area contributed by atoms with Crippen molar-refractivity contribution in [1.82, 2.24) is 5.32 Å². The molecular weight excluding hydrogens is 314 g/mol. The van der Waals surface area contributed by atoms with Crippen molar-refractivity contribution >= 4 is 25.8 Å². The zero-order chi connectivity index (χ0) is 13.6. The molecule has 1 aromatic rings. The average Bonchev–Trinajstić information content (AvgIpc) is 2.34. The third kappa shape index (κ3) is 5.08. The standard InChI is InChI=1S/C13H20BrNO2S/c1-3-18(16,17)8-7-12(10-15-2)11-5-4-6-13(14)9-11/h4-6,9,12,15H,3,7-8,10H2,1-2H3. The van der Waals surface area contributed by atoms with Crippen LogP contribution in [0.2, 0.25) is 0 Å². The van der Waals surface area contributed by atoms with Gasteiger partial charge in [0, 0.05) is 16.8 Å². The molecule has 1 N–H and O–H groups in total. The van der Waals surface area contributed by atoms with Crippen molar-refractivity contribution in [2.45, 2.75) is 19.3 Å². The molecule has 3 nitrogen and oxygen atoms in total. The Morgan fingerprint density at radius 2 is 2.11 bits per heavy atom. The summed E-state index contributed by atoms with van der Waals surface area (Å²) in [6.07, 6.45) is 0.660. The van der Waals surface area contributed by atoms with Gasteiger partial charge in [0.25, 0.3) is 0 Å². The van der Waals surface area contributed by atoms with Crippen molar-refractivity contribution in [1.29, 1.82) is 0 Å². The Hall–Kier alpha value is -0.390. The molecule has 0 aliphatic rings. The number of benzene rings is 1. The predicted molar refractivity (Wildman–Crippen MR) is 79.8 cm³/mol. The van der Waals surface area contributed by atoms with Crippen LogP contribution in [0.5, 0.6) is 0 Å². The highest BCUT2D eigenvalue weighted by Gasteiger charge is 2.15. The van der Waals surface area contributed by atoms with Gasteiger partial charge in [0.1, 0.15) is 9.84 Å². The van der Waals surface area contributed by atoms with E-state index in [-0.39, 0.29) is 17.4 Å². The summed E-state index contributed by atoms with van der Waals surface area (Å²) in [6.45, 7) is 2.48. The van der Waals surface area contributed by atoms with E-state index in [9.17, 15) is 8.42 Å². The first kappa shape index (κ1) is 15.7. The van der Waals surface area contributed by atoms with Crippen LogP contribution in [0.3, 0.4) is 0 Å². The molecule has 1 unspecified atom stereocenters. The third-order valence-corrected chi connectivity index (χ3v) is 5.22. The Bertz CT molecular complexity index is 474. The SMILES string of the molecule is CCS(=O)(=O)CCC(CNC)c1cccc(Br)c1. The maximum absolute atomic E-state index is 11.6. The van der Waals surface area contributed by atoms with Crippen LogP contribution in [0, 0.1) is 0 Å². The monoisotopic (exact) mass is 333 g/mol. The van der Waals surface area contributed by atoms with E-state index < -0.39 is 9.84 Å². The van der Waals surface area contributed by atoms with E-state index in [2.05, 4.69) is 27.3 Å². The lowest BCUT2D eigenvalue weighted by Gasteiger charge is -2.17. The minimum atomic E-state index is -2.89. The fourth-order valence-corrected chi connectivity index (χ4v) is 3.21. The summed E-state index contributed by atoms with van der Waals surface area (Å²) in [5.74, 6) is 0.703. The van der Waals surface area contributed by atoms with Crippen molar-refractivity contribution in [2.24, 2.45) is 0 Å². The first-order valence-corrected chi connectivity index (χ1v) is 8.70. The van der Waals surface area contributed by atoms with Crippen LogP contribution in [-0.2, 0) is 9.84 Å². The zero-order valence-corrected chi connectivity index (χ0v) is 13.2. The van der Waals surface area contributed by atoms with E-state index >= 15 is 0 Å². The van der Waals surface area contributed by atoms with Crippen molar-refractivity contribution in [3.8, 4) is 0 Å². The Labute approximate surface area is 118 Å². The summed E-state index contributed by atoms with van der Waals surface area (Å²) in [6, 6.07) is 8.06. The first-order valence-electron chi connectivity index (χ1n) is 6.09. The highest BCUT2D eigenvalue weighted by molar-refractivity contribution is 9.10. The minimum Gasteiger partial charge on any atom is -0.319 e. The number of nitrogens with one attached hydrogen (secondary N) is 1. The summed E-state index contributed by atoms with van der Waals surface area (Å²) < 4.78 is 24.2. The molecule has 1 aromatic carbocycles. The second-order valence-electron chi connectivity index (χ2n) is 4.33. The minimum absolute atomic E-state index is 0.220. The topological polar surface area (TPSA) is 46.2 Å². The molecular formula is C13H20BrNO2S. The van der Waals surface area contributed by atoms with Crippen LogP contribution in [0.25, 0.3) is 0 Å². The van der Waals surface area contributed by atoms with Crippen LogP contribution in [0.1, 0.15) is 24.8 Å². The number of likely N-dealkylation sites (N-methyl/N-ethyl adjacent to an activating group) is 1. The van der Waals surface area contributed by atoms with Gasteiger partial charge in [-0.15, -0.1) is 0 Å². The highest BCUT2D eigenvalue weighted by atomic mass is 79.9. The fraction of sp³-hybridized carbons (Fsp3) is 0.538. The van der Waals surface area contributed by atoms with Crippen molar-refractivity contribution in [3.05, 3.63) is 34.3 Å². The molecule has 102 valence electrons. The summed E-state index contributed by atoms with van der Waals surface area (Å²) in [7, 11) is -1.00. The van der Waals surface area contributed by atoms with Crippen LogP contribution in [0.15, 0.2) is 28.7 Å². The van der Waals surface area contributed by atoms with Gasteiger partial charge in [-0.3, -0.25) is 0 Å². The molecule has 0 fully saturated rings. The van der Waals surface area contributed by atoms with Gasteiger partial charge < -0.3 is 5.32 Å². The molecule has 0 amide bonds. The normalized spacial score (nSPS) is 13.5. The lowest BCUT2D eigenvalue weighted by Crippen LogP contribution is -2.20. The second-order valence-corrected chi connectivity index (χ2v) is 7.72. The maximum Gasteiger partial charge on any atom is 0.150 e. The molecule has 18 heavy (non-hydrogen) atoms. The largest absolute Gasteiger partial charge is 0.319 e. The molecule has 0 spiro atoms. The van der Waals surface area contributed by atoms with Gasteiger partial charge in [0.05, 0.1) is 5.75 Å². The maximum atomic E-state index is 11.6. The van der Waals surface area contributed by atoms with Crippen LogP contribution in [-0.4, -0.2) is 33.5 Å².